The van der Waals surface area contributed by atoms with E-state index in [0.717, 1.165) is 5.13 Å². The van der Waals surface area contributed by atoms with Crippen LogP contribution < -0.4 is 29.7 Å². The number of hydrogen-bond acceptors (Lipinski definition) is 8. The SMILES string of the molecule is COc1cc(NC(=O)Nc2nnc(N(C)C3CCCCC3)s2)cc(OC)c1OC. The Bertz CT molecular complexity index is 813. The second kappa shape index (κ2) is 9.64. The van der Waals surface area contributed by atoms with Crippen LogP contribution >= 0.6 is 11.3 Å². The van der Waals surface area contributed by atoms with Crippen molar-refractivity contribution in [1.29, 1.82) is 0 Å². The van der Waals surface area contributed by atoms with Crippen LogP contribution in [-0.4, -0.2) is 50.6 Å². The van der Waals surface area contributed by atoms with E-state index in [9.17, 15) is 4.79 Å². The number of aromatic nitrogens is 2. The molecule has 2 N–H and O–H groups in total. The smallest absolute Gasteiger partial charge is 0.325 e. The fourth-order valence-electron chi connectivity index (χ4n) is 3.45. The molecule has 0 bridgehead atoms. The van der Waals surface area contributed by atoms with Crippen LogP contribution in [0.2, 0.25) is 0 Å². The summed E-state index contributed by atoms with van der Waals surface area (Å²) in [5, 5.41) is 15.0. The summed E-state index contributed by atoms with van der Waals surface area (Å²) in [6, 6.07) is 3.37. The quantitative estimate of drug-likeness (QED) is 0.698. The third kappa shape index (κ3) is 5.00. The second-order valence-electron chi connectivity index (χ2n) is 6.79. The Morgan fingerprint density at radius 3 is 2.28 bits per heavy atom. The number of carbonyl (C=O) groups is 1. The van der Waals surface area contributed by atoms with Gasteiger partial charge in [0.1, 0.15) is 0 Å². The molecule has 1 saturated carbocycles. The number of anilines is 3. The van der Waals surface area contributed by atoms with Crippen LogP contribution in [0.3, 0.4) is 0 Å². The van der Waals surface area contributed by atoms with Gasteiger partial charge < -0.3 is 24.4 Å². The molecule has 0 saturated heterocycles. The standard InChI is InChI=1S/C19H27N5O4S/c1-24(13-8-6-5-7-9-13)19-23-22-18(29-19)21-17(25)20-12-10-14(26-2)16(28-4)15(11-12)27-3/h10-11,13H,5-9H2,1-4H3,(H2,20,21,22,25). The lowest BCUT2D eigenvalue weighted by atomic mass is 9.95. The number of rotatable bonds is 7. The maximum atomic E-state index is 12.4. The predicted molar refractivity (Wildman–Crippen MR) is 114 cm³/mol. The van der Waals surface area contributed by atoms with Gasteiger partial charge in [0.05, 0.1) is 27.0 Å². The summed E-state index contributed by atoms with van der Waals surface area (Å²) in [5.41, 5.74) is 0.501. The molecule has 9 nitrogen and oxygen atoms in total. The first-order chi connectivity index (χ1) is 14.0. The van der Waals surface area contributed by atoms with Crippen molar-refractivity contribution in [3.63, 3.8) is 0 Å². The number of methoxy groups -OCH3 is 3. The number of benzene rings is 1. The molecule has 0 atom stereocenters. The van der Waals surface area contributed by atoms with Crippen molar-refractivity contribution in [2.75, 3.05) is 43.9 Å². The molecule has 0 aliphatic heterocycles. The van der Waals surface area contributed by atoms with Crippen LogP contribution in [0.4, 0.5) is 20.7 Å². The van der Waals surface area contributed by atoms with Crippen molar-refractivity contribution in [2.45, 2.75) is 38.1 Å². The zero-order valence-corrected chi connectivity index (χ0v) is 18.0. The van der Waals surface area contributed by atoms with E-state index in [0.29, 0.717) is 34.1 Å². The summed E-state index contributed by atoms with van der Waals surface area (Å²) >= 11 is 1.36. The second-order valence-corrected chi connectivity index (χ2v) is 7.74. The summed E-state index contributed by atoms with van der Waals surface area (Å²) in [5.74, 6) is 1.37. The highest BCUT2D eigenvalue weighted by Crippen LogP contribution is 2.40. The highest BCUT2D eigenvalue weighted by molar-refractivity contribution is 7.19. The molecule has 1 heterocycles. The minimum atomic E-state index is -0.428. The van der Waals surface area contributed by atoms with Gasteiger partial charge in [0, 0.05) is 25.2 Å². The summed E-state index contributed by atoms with van der Waals surface area (Å²) in [4.78, 5) is 14.6. The van der Waals surface area contributed by atoms with Gasteiger partial charge in [-0.15, -0.1) is 10.2 Å². The highest BCUT2D eigenvalue weighted by Gasteiger charge is 2.21. The Hall–Kier alpha value is -2.75. The van der Waals surface area contributed by atoms with Crippen molar-refractivity contribution in [3.05, 3.63) is 12.1 Å². The third-order valence-corrected chi connectivity index (χ3v) is 5.91. The number of ether oxygens (including phenoxy) is 3. The largest absolute Gasteiger partial charge is 0.493 e. The zero-order valence-electron chi connectivity index (χ0n) is 17.2. The van der Waals surface area contributed by atoms with Gasteiger partial charge in [-0.1, -0.05) is 30.6 Å². The molecule has 1 aliphatic carbocycles. The minimum absolute atomic E-state index is 0.428. The lowest BCUT2D eigenvalue weighted by molar-refractivity contribution is 0.262. The van der Waals surface area contributed by atoms with E-state index in [4.69, 9.17) is 14.2 Å². The normalized spacial score (nSPS) is 14.2. The molecule has 1 aliphatic rings. The van der Waals surface area contributed by atoms with Gasteiger partial charge in [0.2, 0.25) is 16.0 Å². The van der Waals surface area contributed by atoms with Crippen LogP contribution in [0.5, 0.6) is 17.2 Å². The molecule has 10 heteroatoms. The first-order valence-electron chi connectivity index (χ1n) is 9.50. The van der Waals surface area contributed by atoms with E-state index in [1.54, 1.807) is 12.1 Å². The van der Waals surface area contributed by atoms with Crippen LogP contribution in [0.1, 0.15) is 32.1 Å². The van der Waals surface area contributed by atoms with Crippen LogP contribution in [0.25, 0.3) is 0 Å². The Morgan fingerprint density at radius 2 is 1.69 bits per heavy atom. The van der Waals surface area contributed by atoms with Gasteiger partial charge in [-0.05, 0) is 12.8 Å². The molecule has 0 unspecified atom stereocenters. The number of amides is 2. The van der Waals surface area contributed by atoms with E-state index >= 15 is 0 Å². The fraction of sp³-hybridized carbons (Fsp3) is 0.526. The van der Waals surface area contributed by atoms with Gasteiger partial charge in [-0.3, -0.25) is 5.32 Å². The summed E-state index contributed by atoms with van der Waals surface area (Å²) in [6.07, 6.45) is 6.13. The predicted octanol–water partition coefficient (Wildman–Crippen LogP) is 3.98. The van der Waals surface area contributed by atoms with E-state index in [1.807, 2.05) is 7.05 Å². The fourth-order valence-corrected chi connectivity index (χ4v) is 4.22. The summed E-state index contributed by atoms with van der Waals surface area (Å²) in [6.45, 7) is 0. The van der Waals surface area contributed by atoms with Gasteiger partial charge in [-0.25, -0.2) is 4.79 Å². The van der Waals surface area contributed by atoms with E-state index < -0.39 is 6.03 Å². The first kappa shape index (κ1) is 21.0. The molecule has 1 aromatic heterocycles. The average Bonchev–Trinajstić information content (AvgIpc) is 3.21. The molecule has 158 valence electrons. The van der Waals surface area contributed by atoms with E-state index in [-0.39, 0.29) is 0 Å². The van der Waals surface area contributed by atoms with Crippen molar-refractivity contribution in [1.82, 2.24) is 10.2 Å². The molecular formula is C19H27N5O4S. The van der Waals surface area contributed by atoms with Gasteiger partial charge in [0.15, 0.2) is 11.5 Å². The van der Waals surface area contributed by atoms with Gasteiger partial charge in [0.25, 0.3) is 0 Å². The van der Waals surface area contributed by atoms with Crippen molar-refractivity contribution < 1.29 is 19.0 Å². The molecule has 1 fully saturated rings. The molecule has 29 heavy (non-hydrogen) atoms. The molecule has 2 aromatic rings. The van der Waals surface area contributed by atoms with Crippen molar-refractivity contribution >= 4 is 33.3 Å². The number of carbonyl (C=O) groups excluding carboxylic acids is 1. The topological polar surface area (TPSA) is 97.8 Å². The number of nitrogens with zero attached hydrogens (tertiary/aromatic N) is 3. The molecule has 0 radical (unpaired) electrons. The lowest BCUT2D eigenvalue weighted by Gasteiger charge is -2.30. The van der Waals surface area contributed by atoms with Crippen LogP contribution in [0.15, 0.2) is 12.1 Å². The number of hydrogen-bond donors (Lipinski definition) is 2. The summed E-state index contributed by atoms with van der Waals surface area (Å²) in [7, 11) is 6.60. The highest BCUT2D eigenvalue weighted by atomic mass is 32.1. The molecule has 2 amide bonds. The molecular weight excluding hydrogens is 394 g/mol. The van der Waals surface area contributed by atoms with Crippen LogP contribution in [0, 0.1) is 0 Å². The van der Waals surface area contributed by atoms with Gasteiger partial charge in [-0.2, -0.15) is 0 Å². The first-order valence-corrected chi connectivity index (χ1v) is 10.3. The third-order valence-electron chi connectivity index (χ3n) is 4.98. The average molecular weight is 422 g/mol. The molecule has 1 aromatic carbocycles. The maximum absolute atomic E-state index is 12.4. The summed E-state index contributed by atoms with van der Waals surface area (Å²) < 4.78 is 15.9. The van der Waals surface area contributed by atoms with Gasteiger partial charge >= 0.3 is 6.03 Å². The van der Waals surface area contributed by atoms with E-state index in [2.05, 4.69) is 25.7 Å². The lowest BCUT2D eigenvalue weighted by Crippen LogP contribution is -2.33. The maximum Gasteiger partial charge on any atom is 0.325 e. The molecule has 0 spiro atoms. The van der Waals surface area contributed by atoms with Crippen molar-refractivity contribution in [2.24, 2.45) is 0 Å². The minimum Gasteiger partial charge on any atom is -0.493 e. The monoisotopic (exact) mass is 421 g/mol. The Labute approximate surface area is 174 Å². The molecule has 3 rings (SSSR count). The number of nitrogens with one attached hydrogen (secondary N) is 2. The zero-order chi connectivity index (χ0) is 20.8. The Balaban J connectivity index is 1.65. The Morgan fingerprint density at radius 1 is 1.03 bits per heavy atom. The van der Waals surface area contributed by atoms with Crippen LogP contribution in [-0.2, 0) is 0 Å². The van der Waals surface area contributed by atoms with E-state index in [1.165, 1.54) is 64.8 Å². The van der Waals surface area contributed by atoms with Crippen molar-refractivity contribution in [3.8, 4) is 17.2 Å². The Kier molecular flexibility index (Phi) is 6.97. The number of urea groups is 1.